The molecule has 0 fully saturated rings. The Hall–Kier alpha value is -3.92. The zero-order chi connectivity index (χ0) is 24.0. The van der Waals surface area contributed by atoms with Gasteiger partial charge >= 0.3 is 6.18 Å². The second-order valence-corrected chi connectivity index (χ2v) is 7.19. The molecule has 1 heterocycles. The van der Waals surface area contributed by atoms with Crippen LogP contribution in [0.25, 0.3) is 0 Å². The number of anilines is 3. The summed E-state index contributed by atoms with van der Waals surface area (Å²) in [5, 5.41) is 8.34. The lowest BCUT2D eigenvalue weighted by Crippen LogP contribution is -2.17. The van der Waals surface area contributed by atoms with Gasteiger partial charge < -0.3 is 21.7 Å². The smallest absolute Gasteiger partial charge is 0.382 e. The zero-order valence-corrected chi connectivity index (χ0v) is 17.7. The number of hydrogen-bond acceptors (Lipinski definition) is 5. The van der Waals surface area contributed by atoms with Gasteiger partial charge in [0.15, 0.2) is 0 Å². The molecule has 7 nitrogen and oxygen atoms in total. The summed E-state index contributed by atoms with van der Waals surface area (Å²) in [5.74, 6) is -1.15. The molecule has 0 bridgehead atoms. The molecule has 1 aromatic heterocycles. The van der Waals surface area contributed by atoms with Gasteiger partial charge in [0.05, 0.1) is 29.3 Å². The highest BCUT2D eigenvalue weighted by Gasteiger charge is 2.30. The van der Waals surface area contributed by atoms with E-state index in [-0.39, 0.29) is 16.8 Å². The number of nitrogens with two attached hydrogens (primary N) is 1. The van der Waals surface area contributed by atoms with Gasteiger partial charge in [-0.2, -0.15) is 13.2 Å². The van der Waals surface area contributed by atoms with Gasteiger partial charge in [-0.05, 0) is 48.9 Å². The average Bonchev–Trinajstić information content (AvgIpc) is 2.78. The van der Waals surface area contributed by atoms with Gasteiger partial charge in [0.2, 0.25) is 0 Å². The van der Waals surface area contributed by atoms with Gasteiger partial charge in [-0.1, -0.05) is 12.1 Å². The third kappa shape index (κ3) is 6.30. The van der Waals surface area contributed by atoms with Crippen LogP contribution >= 0.6 is 0 Å². The van der Waals surface area contributed by atoms with Gasteiger partial charge in [-0.15, -0.1) is 0 Å². The van der Waals surface area contributed by atoms with Crippen molar-refractivity contribution >= 4 is 28.9 Å². The third-order valence-corrected chi connectivity index (χ3v) is 4.66. The molecule has 2 amide bonds. The van der Waals surface area contributed by atoms with E-state index in [1.807, 2.05) is 0 Å². The second-order valence-electron chi connectivity index (χ2n) is 7.19. The average molecular weight is 457 g/mol. The summed E-state index contributed by atoms with van der Waals surface area (Å²) in [7, 11) is 0. The molecule has 0 saturated carbocycles. The number of aryl methyl sites for hydroxylation is 1. The molecule has 172 valence electrons. The Morgan fingerprint density at radius 2 is 1.67 bits per heavy atom. The van der Waals surface area contributed by atoms with E-state index < -0.39 is 23.6 Å². The van der Waals surface area contributed by atoms with E-state index in [9.17, 15) is 22.8 Å². The van der Waals surface area contributed by atoms with Crippen molar-refractivity contribution in [1.29, 1.82) is 0 Å². The first kappa shape index (κ1) is 23.7. The van der Waals surface area contributed by atoms with Crippen molar-refractivity contribution in [3.63, 3.8) is 0 Å². The van der Waals surface area contributed by atoms with Gasteiger partial charge in [-0.3, -0.25) is 14.6 Å². The van der Waals surface area contributed by atoms with E-state index in [1.54, 1.807) is 31.3 Å². The molecule has 0 spiro atoms. The molecule has 10 heteroatoms. The monoisotopic (exact) mass is 457 g/mol. The van der Waals surface area contributed by atoms with E-state index in [2.05, 4.69) is 20.9 Å². The van der Waals surface area contributed by atoms with Crippen LogP contribution in [0.15, 0.2) is 60.9 Å². The van der Waals surface area contributed by atoms with Crippen molar-refractivity contribution in [1.82, 2.24) is 4.98 Å². The number of pyridine rings is 1. The molecular weight excluding hydrogens is 435 g/mol. The number of amides is 2. The van der Waals surface area contributed by atoms with Gasteiger partial charge in [0.25, 0.3) is 11.8 Å². The summed E-state index contributed by atoms with van der Waals surface area (Å²) in [6, 6.07) is 10.5. The molecule has 0 aliphatic rings. The Labute approximate surface area is 188 Å². The number of nitrogens with one attached hydrogen (secondary N) is 3. The van der Waals surface area contributed by atoms with Crippen LogP contribution in [-0.2, 0) is 6.18 Å². The van der Waals surface area contributed by atoms with E-state index in [0.29, 0.717) is 30.0 Å². The van der Waals surface area contributed by atoms with Crippen molar-refractivity contribution in [3.8, 4) is 0 Å². The highest BCUT2D eigenvalue weighted by atomic mass is 19.4. The van der Waals surface area contributed by atoms with Crippen molar-refractivity contribution in [3.05, 3.63) is 83.2 Å². The molecule has 0 atom stereocenters. The number of nitrogens with zero attached hydrogens (tertiary/aromatic N) is 1. The fourth-order valence-corrected chi connectivity index (χ4v) is 3.00. The van der Waals surface area contributed by atoms with Gasteiger partial charge in [0, 0.05) is 29.9 Å². The minimum Gasteiger partial charge on any atom is -0.382 e. The molecule has 3 aromatic rings. The van der Waals surface area contributed by atoms with Crippen molar-refractivity contribution in [2.75, 3.05) is 29.0 Å². The topological polar surface area (TPSA) is 109 Å². The molecule has 3 rings (SSSR count). The molecule has 2 aromatic carbocycles. The predicted molar refractivity (Wildman–Crippen MR) is 120 cm³/mol. The summed E-state index contributed by atoms with van der Waals surface area (Å²) >= 11 is 0. The maximum Gasteiger partial charge on any atom is 0.416 e. The SMILES string of the molecule is Cc1ccc(NC(=O)c2cccc(C(F)(F)F)c2)cc1C(=O)Nc1cncc(NCCN)c1. The Balaban J connectivity index is 1.75. The predicted octanol–water partition coefficient (Wildman–Crippen LogP) is 4.28. The van der Waals surface area contributed by atoms with Crippen LogP contribution in [0.4, 0.5) is 30.2 Å². The van der Waals surface area contributed by atoms with Crippen LogP contribution in [0.5, 0.6) is 0 Å². The summed E-state index contributed by atoms with van der Waals surface area (Å²) in [5.41, 5.74) is 6.75. The van der Waals surface area contributed by atoms with Crippen molar-refractivity contribution in [2.24, 2.45) is 5.73 Å². The minimum absolute atomic E-state index is 0.149. The molecule has 0 aliphatic carbocycles. The maximum absolute atomic E-state index is 12.9. The number of carbonyl (C=O) groups excluding carboxylic acids is 2. The lowest BCUT2D eigenvalue weighted by atomic mass is 10.1. The molecular formula is C23H22F3N5O2. The first-order chi connectivity index (χ1) is 15.7. The van der Waals surface area contributed by atoms with Crippen LogP contribution in [0.2, 0.25) is 0 Å². The minimum atomic E-state index is -4.56. The number of halogens is 3. The normalized spacial score (nSPS) is 11.1. The van der Waals surface area contributed by atoms with Crippen LogP contribution in [0, 0.1) is 6.92 Å². The highest BCUT2D eigenvalue weighted by Crippen LogP contribution is 2.29. The zero-order valence-electron chi connectivity index (χ0n) is 17.7. The largest absolute Gasteiger partial charge is 0.416 e. The summed E-state index contributed by atoms with van der Waals surface area (Å²) in [6.07, 6.45) is -1.47. The highest BCUT2D eigenvalue weighted by molar-refractivity contribution is 6.08. The maximum atomic E-state index is 12.9. The van der Waals surface area contributed by atoms with Crippen LogP contribution < -0.4 is 21.7 Å². The standard InChI is InChI=1S/C23H22F3N5O2/c1-14-5-6-17(30-21(32)15-3-2-4-16(9-15)23(24,25)26)11-20(14)22(33)31-19-10-18(12-28-13-19)29-8-7-27/h2-6,9-13,29H,7-8,27H2,1H3,(H,30,32)(H,31,33). The number of benzene rings is 2. The molecule has 5 N–H and O–H groups in total. The molecule has 33 heavy (non-hydrogen) atoms. The first-order valence-electron chi connectivity index (χ1n) is 9.97. The van der Waals surface area contributed by atoms with Crippen LogP contribution in [0.3, 0.4) is 0 Å². The first-order valence-corrected chi connectivity index (χ1v) is 9.97. The van der Waals surface area contributed by atoms with Crippen molar-refractivity contribution < 1.29 is 22.8 Å². The summed E-state index contributed by atoms with van der Waals surface area (Å²) < 4.78 is 38.8. The Bertz CT molecular complexity index is 1160. The number of alkyl halides is 3. The second kappa shape index (κ2) is 10.1. The molecule has 0 radical (unpaired) electrons. The number of rotatable bonds is 7. The Morgan fingerprint density at radius 3 is 2.39 bits per heavy atom. The van der Waals surface area contributed by atoms with Gasteiger partial charge in [0.1, 0.15) is 0 Å². The van der Waals surface area contributed by atoms with E-state index in [1.165, 1.54) is 18.3 Å². The summed E-state index contributed by atoms with van der Waals surface area (Å²) in [6.45, 7) is 2.71. The number of hydrogen-bond donors (Lipinski definition) is 4. The van der Waals surface area contributed by atoms with Gasteiger partial charge in [-0.25, -0.2) is 0 Å². The van der Waals surface area contributed by atoms with E-state index in [4.69, 9.17) is 5.73 Å². The molecule has 0 unspecified atom stereocenters. The molecule has 0 saturated heterocycles. The van der Waals surface area contributed by atoms with Crippen molar-refractivity contribution in [2.45, 2.75) is 13.1 Å². The number of aromatic nitrogens is 1. The summed E-state index contributed by atoms with van der Waals surface area (Å²) in [4.78, 5) is 29.3. The third-order valence-electron chi connectivity index (χ3n) is 4.66. The van der Waals surface area contributed by atoms with E-state index in [0.717, 1.165) is 18.2 Å². The van der Waals surface area contributed by atoms with E-state index >= 15 is 0 Å². The Kier molecular flexibility index (Phi) is 7.29. The lowest BCUT2D eigenvalue weighted by Gasteiger charge is -2.12. The fraction of sp³-hybridized carbons (Fsp3) is 0.174. The number of carbonyl (C=O) groups is 2. The molecule has 0 aliphatic heterocycles. The van der Waals surface area contributed by atoms with Crippen LogP contribution in [0.1, 0.15) is 31.8 Å². The lowest BCUT2D eigenvalue weighted by molar-refractivity contribution is -0.137. The fourth-order valence-electron chi connectivity index (χ4n) is 3.00. The Morgan fingerprint density at radius 1 is 0.939 bits per heavy atom. The quantitative estimate of drug-likeness (QED) is 0.423. The van der Waals surface area contributed by atoms with Crippen LogP contribution in [-0.4, -0.2) is 29.9 Å².